The molecule has 3 N–H and O–H groups in total. The molecule has 194 valence electrons. The van der Waals surface area contributed by atoms with Crippen molar-refractivity contribution in [2.75, 3.05) is 5.32 Å². The second-order valence-electron chi connectivity index (χ2n) is 10.0. The number of H-pyrrole nitrogens is 1. The van der Waals surface area contributed by atoms with E-state index in [1.807, 2.05) is 55.5 Å². The number of aryl methyl sites for hydroxylation is 1. The summed E-state index contributed by atoms with van der Waals surface area (Å²) in [6.45, 7) is 2.34. The number of hydrogen-bond donors (Lipinski definition) is 3. The van der Waals surface area contributed by atoms with Crippen molar-refractivity contribution in [3.8, 4) is 0 Å². The average Bonchev–Trinajstić information content (AvgIpc) is 3.67. The number of pyridine rings is 1. The van der Waals surface area contributed by atoms with E-state index in [2.05, 4.69) is 31.7 Å². The molecule has 7 rings (SSSR count). The molecule has 2 atom stereocenters. The van der Waals surface area contributed by atoms with Crippen LogP contribution in [0.1, 0.15) is 42.5 Å². The van der Waals surface area contributed by atoms with E-state index >= 15 is 0 Å². The molecule has 1 amide bonds. The minimum absolute atomic E-state index is 0.165. The quantitative estimate of drug-likeness (QED) is 0.286. The molecule has 39 heavy (non-hydrogen) atoms. The van der Waals surface area contributed by atoms with E-state index in [0.29, 0.717) is 30.9 Å². The highest BCUT2D eigenvalue weighted by molar-refractivity contribution is 6.05. The summed E-state index contributed by atoms with van der Waals surface area (Å²) in [4.78, 5) is 38.6. The van der Waals surface area contributed by atoms with E-state index < -0.39 is 6.04 Å². The number of fused-ring (bicyclic) bond motifs is 5. The summed E-state index contributed by atoms with van der Waals surface area (Å²) < 4.78 is 7.48. The van der Waals surface area contributed by atoms with Gasteiger partial charge in [0.15, 0.2) is 0 Å². The molecule has 5 heterocycles. The standard InChI is InChI=1S/C30H26N6O3/c1-17(18-6-8-27-22(13-18)21-4-2-3-5-26(21)39-27)34-24-16-32-28-9-7-25(36(28)30(24)38)29(37)33-15-20-12-19-14-31-11-10-23(19)35-20/h2-6,8,10-14,16-17,25,34-35H,7,9,15H2,1H3,(H,33,37)/t17-,25-/m1/s1. The zero-order valence-corrected chi connectivity index (χ0v) is 21.3. The smallest absolute Gasteiger partial charge is 0.277 e. The molecule has 0 aliphatic carbocycles. The number of hydrogen-bond acceptors (Lipinski definition) is 6. The highest BCUT2D eigenvalue weighted by Crippen LogP contribution is 2.31. The van der Waals surface area contributed by atoms with E-state index in [0.717, 1.165) is 44.1 Å². The molecule has 0 fully saturated rings. The molecule has 0 bridgehead atoms. The number of amides is 1. The second-order valence-corrected chi connectivity index (χ2v) is 10.0. The van der Waals surface area contributed by atoms with Crippen molar-refractivity contribution in [1.82, 2.24) is 24.8 Å². The zero-order chi connectivity index (χ0) is 26.5. The average molecular weight is 519 g/mol. The van der Waals surface area contributed by atoms with E-state index in [4.69, 9.17) is 4.42 Å². The number of furan rings is 1. The summed E-state index contributed by atoms with van der Waals surface area (Å²) in [6, 6.07) is 17.1. The fourth-order valence-corrected chi connectivity index (χ4v) is 5.51. The molecule has 0 unspecified atom stereocenters. The van der Waals surface area contributed by atoms with Crippen LogP contribution in [-0.4, -0.2) is 25.4 Å². The third-order valence-electron chi connectivity index (χ3n) is 7.53. The van der Waals surface area contributed by atoms with Crippen molar-refractivity contribution >= 4 is 44.4 Å². The minimum atomic E-state index is -0.600. The predicted octanol–water partition coefficient (Wildman–Crippen LogP) is 5.00. The van der Waals surface area contributed by atoms with Crippen molar-refractivity contribution in [3.05, 3.63) is 101 Å². The molecule has 1 aliphatic rings. The highest BCUT2D eigenvalue weighted by Gasteiger charge is 2.31. The predicted molar refractivity (Wildman–Crippen MR) is 150 cm³/mol. The zero-order valence-electron chi connectivity index (χ0n) is 21.3. The normalized spacial score (nSPS) is 15.6. The van der Waals surface area contributed by atoms with Gasteiger partial charge in [-0.3, -0.25) is 19.1 Å². The van der Waals surface area contributed by atoms with Crippen LogP contribution in [0, 0.1) is 0 Å². The van der Waals surface area contributed by atoms with Crippen LogP contribution in [0.4, 0.5) is 5.69 Å². The fraction of sp³-hybridized carbons (Fsp3) is 0.200. The molecule has 1 aliphatic heterocycles. The summed E-state index contributed by atoms with van der Waals surface area (Å²) in [5.41, 5.74) is 4.65. The van der Waals surface area contributed by atoms with Crippen LogP contribution in [0.2, 0.25) is 0 Å². The van der Waals surface area contributed by atoms with Crippen molar-refractivity contribution in [2.24, 2.45) is 0 Å². The van der Waals surface area contributed by atoms with Crippen LogP contribution in [0.3, 0.4) is 0 Å². The number of carbonyl (C=O) groups is 1. The van der Waals surface area contributed by atoms with Gasteiger partial charge in [0.2, 0.25) is 5.91 Å². The summed E-state index contributed by atoms with van der Waals surface area (Å²) in [6.07, 6.45) is 6.19. The van der Waals surface area contributed by atoms with Crippen LogP contribution in [0.15, 0.2) is 82.4 Å². The Balaban J connectivity index is 1.11. The lowest BCUT2D eigenvalue weighted by molar-refractivity contribution is -0.124. The Morgan fingerprint density at radius 2 is 2.00 bits per heavy atom. The lowest BCUT2D eigenvalue weighted by Gasteiger charge is -2.18. The molecule has 0 radical (unpaired) electrons. The first-order valence-electron chi connectivity index (χ1n) is 13.0. The number of anilines is 1. The first-order chi connectivity index (χ1) is 19.0. The molecule has 9 heteroatoms. The Kier molecular flexibility index (Phi) is 5.43. The topological polar surface area (TPSA) is 118 Å². The molecular weight excluding hydrogens is 492 g/mol. The van der Waals surface area contributed by atoms with Gasteiger partial charge in [0.05, 0.1) is 12.7 Å². The lowest BCUT2D eigenvalue weighted by Crippen LogP contribution is -2.36. The van der Waals surface area contributed by atoms with Gasteiger partial charge >= 0.3 is 0 Å². The van der Waals surface area contributed by atoms with Gasteiger partial charge in [-0.25, -0.2) is 4.98 Å². The summed E-state index contributed by atoms with van der Waals surface area (Å²) >= 11 is 0. The van der Waals surface area contributed by atoms with Gasteiger partial charge in [-0.2, -0.15) is 0 Å². The molecule has 9 nitrogen and oxygen atoms in total. The molecule has 0 saturated heterocycles. The third-order valence-corrected chi connectivity index (χ3v) is 7.53. The minimum Gasteiger partial charge on any atom is -0.456 e. The van der Waals surface area contributed by atoms with E-state index in [1.54, 1.807) is 18.6 Å². The second kappa shape index (κ2) is 9.13. The number of para-hydroxylation sites is 1. The number of carbonyl (C=O) groups excluding carboxylic acids is 1. The van der Waals surface area contributed by atoms with Crippen molar-refractivity contribution in [1.29, 1.82) is 0 Å². The van der Waals surface area contributed by atoms with E-state index in [-0.39, 0.29) is 17.5 Å². The van der Waals surface area contributed by atoms with Gasteiger partial charge in [0.25, 0.3) is 5.56 Å². The maximum absolute atomic E-state index is 13.5. The SMILES string of the molecule is C[C@@H](Nc1cnc2n(c1=O)[C@@H](C(=O)NCc1cc3cnccc3[nH]1)CC2)c1ccc2oc3ccccc3c2c1. The van der Waals surface area contributed by atoms with Gasteiger partial charge in [0.1, 0.15) is 28.7 Å². The Labute approximate surface area is 222 Å². The first kappa shape index (κ1) is 23.2. The van der Waals surface area contributed by atoms with E-state index in [1.165, 1.54) is 4.57 Å². The maximum Gasteiger partial charge on any atom is 0.277 e. The number of aromatic amines is 1. The van der Waals surface area contributed by atoms with E-state index in [9.17, 15) is 9.59 Å². The number of rotatable bonds is 6. The van der Waals surface area contributed by atoms with Gasteiger partial charge in [-0.15, -0.1) is 0 Å². The molecule has 2 aromatic carbocycles. The van der Waals surface area contributed by atoms with Gasteiger partial charge in [-0.1, -0.05) is 24.3 Å². The fourth-order valence-electron chi connectivity index (χ4n) is 5.51. The Bertz CT molecular complexity index is 1900. The van der Waals surface area contributed by atoms with Gasteiger partial charge in [-0.05, 0) is 49.2 Å². The Morgan fingerprint density at radius 3 is 2.90 bits per heavy atom. The van der Waals surface area contributed by atoms with Crippen LogP contribution in [-0.2, 0) is 17.8 Å². The number of aromatic nitrogens is 4. The van der Waals surface area contributed by atoms with Crippen molar-refractivity contribution < 1.29 is 9.21 Å². The summed E-state index contributed by atoms with van der Waals surface area (Å²) in [5.74, 6) is 0.429. The Hall–Kier alpha value is -4.92. The monoisotopic (exact) mass is 518 g/mol. The number of nitrogens with zero attached hydrogens (tertiary/aromatic N) is 3. The van der Waals surface area contributed by atoms with Crippen molar-refractivity contribution in [2.45, 2.75) is 38.4 Å². The van der Waals surface area contributed by atoms with Crippen molar-refractivity contribution in [3.63, 3.8) is 0 Å². The highest BCUT2D eigenvalue weighted by atomic mass is 16.3. The number of nitrogens with one attached hydrogen (secondary N) is 3. The molecule has 0 spiro atoms. The number of benzene rings is 2. The molecular formula is C30H26N6O3. The summed E-state index contributed by atoms with van der Waals surface area (Å²) in [7, 11) is 0. The summed E-state index contributed by atoms with van der Waals surface area (Å²) in [5, 5.41) is 9.37. The maximum atomic E-state index is 13.5. The largest absolute Gasteiger partial charge is 0.456 e. The molecule has 4 aromatic heterocycles. The molecule has 0 saturated carbocycles. The molecule has 6 aromatic rings. The first-order valence-corrected chi connectivity index (χ1v) is 13.0. The lowest BCUT2D eigenvalue weighted by atomic mass is 10.0. The van der Waals surface area contributed by atoms with Crippen LogP contribution >= 0.6 is 0 Å². The van der Waals surface area contributed by atoms with Crippen LogP contribution in [0.5, 0.6) is 0 Å². The third kappa shape index (κ3) is 4.03. The van der Waals surface area contributed by atoms with Crippen LogP contribution < -0.4 is 16.2 Å². The van der Waals surface area contributed by atoms with Gasteiger partial charge < -0.3 is 20.0 Å². The Morgan fingerprint density at radius 1 is 1.13 bits per heavy atom. The van der Waals surface area contributed by atoms with Crippen LogP contribution in [0.25, 0.3) is 32.8 Å². The van der Waals surface area contributed by atoms with Gasteiger partial charge in [0, 0.05) is 52.2 Å².